The minimum absolute atomic E-state index is 0.530. The fourth-order valence-corrected chi connectivity index (χ4v) is 2.86. The molecule has 2 aromatic rings. The van der Waals surface area contributed by atoms with Crippen molar-refractivity contribution < 1.29 is 14.3 Å². The van der Waals surface area contributed by atoms with E-state index in [4.69, 9.17) is 9.52 Å². The van der Waals surface area contributed by atoms with Crippen LogP contribution in [0.1, 0.15) is 6.92 Å². The fourth-order valence-electron chi connectivity index (χ4n) is 0.959. The average Bonchev–Trinajstić information content (AvgIpc) is 2.85. The van der Waals surface area contributed by atoms with E-state index in [0.717, 1.165) is 0 Å². The molecule has 0 aromatic carbocycles. The summed E-state index contributed by atoms with van der Waals surface area (Å²) in [6.45, 7) is 1.61. The lowest BCUT2D eigenvalue weighted by Crippen LogP contribution is -2.10. The van der Waals surface area contributed by atoms with Gasteiger partial charge >= 0.3 is 5.97 Å². The number of thioether (sulfide) groups is 1. The third kappa shape index (κ3) is 2.42. The molecule has 0 amide bonds. The molecule has 2 heterocycles. The van der Waals surface area contributed by atoms with Gasteiger partial charge in [0, 0.05) is 0 Å². The van der Waals surface area contributed by atoms with Crippen molar-refractivity contribution >= 4 is 29.1 Å². The van der Waals surface area contributed by atoms with Gasteiger partial charge in [0.15, 0.2) is 15.1 Å². The molecule has 1 atom stereocenters. The van der Waals surface area contributed by atoms with Crippen LogP contribution in [0.4, 0.5) is 0 Å². The topological polar surface area (TPSA) is 76.2 Å². The van der Waals surface area contributed by atoms with Crippen molar-refractivity contribution in [3.8, 4) is 10.8 Å². The summed E-state index contributed by atoms with van der Waals surface area (Å²) in [6, 6.07) is 3.55. The molecule has 0 spiro atoms. The molecule has 7 heteroatoms. The number of carboxylic acid groups (broad SMARTS) is 1. The quantitative estimate of drug-likeness (QED) is 0.846. The number of carbonyl (C=O) groups is 1. The Morgan fingerprint density at radius 1 is 1.62 bits per heavy atom. The normalized spacial score (nSPS) is 12.6. The first kappa shape index (κ1) is 11.2. The minimum atomic E-state index is -0.861. The fraction of sp³-hybridized carbons (Fsp3) is 0.222. The molecule has 1 unspecified atom stereocenters. The second-order valence-electron chi connectivity index (χ2n) is 2.95. The molecule has 1 N–H and O–H groups in total. The number of hydrogen-bond acceptors (Lipinski definition) is 6. The summed E-state index contributed by atoms with van der Waals surface area (Å²) < 4.78 is 5.79. The number of nitrogens with zero attached hydrogens (tertiary/aromatic N) is 2. The van der Waals surface area contributed by atoms with Crippen LogP contribution < -0.4 is 0 Å². The maximum atomic E-state index is 10.7. The van der Waals surface area contributed by atoms with E-state index < -0.39 is 11.2 Å². The third-order valence-corrected chi connectivity index (χ3v) is 3.87. The number of carboxylic acids is 1. The predicted octanol–water partition coefficient (Wildman–Crippen LogP) is 2.36. The van der Waals surface area contributed by atoms with Crippen molar-refractivity contribution in [2.75, 3.05) is 0 Å². The lowest BCUT2D eigenvalue weighted by atomic mass is 10.5. The Bertz CT molecular complexity index is 481. The second kappa shape index (κ2) is 4.67. The van der Waals surface area contributed by atoms with Gasteiger partial charge < -0.3 is 9.52 Å². The van der Waals surface area contributed by atoms with Gasteiger partial charge in [-0.05, 0) is 19.1 Å². The highest BCUT2D eigenvalue weighted by atomic mass is 32.2. The van der Waals surface area contributed by atoms with Gasteiger partial charge in [-0.15, -0.1) is 10.2 Å². The average molecular weight is 256 g/mol. The predicted molar refractivity (Wildman–Crippen MR) is 60.6 cm³/mol. The zero-order valence-corrected chi connectivity index (χ0v) is 9.92. The summed E-state index contributed by atoms with van der Waals surface area (Å²) in [5.74, 6) is -0.216. The van der Waals surface area contributed by atoms with Crippen LogP contribution in [0.25, 0.3) is 10.8 Å². The Kier molecular flexibility index (Phi) is 3.25. The van der Waals surface area contributed by atoms with E-state index in [0.29, 0.717) is 15.1 Å². The Morgan fingerprint density at radius 3 is 3.06 bits per heavy atom. The van der Waals surface area contributed by atoms with Gasteiger partial charge in [0.05, 0.1) is 6.26 Å². The number of furan rings is 1. The molecule has 0 fully saturated rings. The van der Waals surface area contributed by atoms with E-state index in [9.17, 15) is 4.79 Å². The van der Waals surface area contributed by atoms with E-state index >= 15 is 0 Å². The summed E-state index contributed by atoms with van der Waals surface area (Å²) >= 11 is 2.49. The SMILES string of the molecule is CC(Sc1nnc(-c2ccco2)s1)C(=O)O. The zero-order chi connectivity index (χ0) is 11.5. The molecular weight excluding hydrogens is 248 g/mol. The van der Waals surface area contributed by atoms with Crippen LogP contribution in [0.15, 0.2) is 27.2 Å². The summed E-state index contributed by atoms with van der Waals surface area (Å²) in [7, 11) is 0. The van der Waals surface area contributed by atoms with E-state index in [-0.39, 0.29) is 0 Å². The number of hydrogen-bond donors (Lipinski definition) is 1. The molecule has 0 radical (unpaired) electrons. The molecule has 16 heavy (non-hydrogen) atoms. The van der Waals surface area contributed by atoms with Gasteiger partial charge in [-0.25, -0.2) is 0 Å². The maximum Gasteiger partial charge on any atom is 0.316 e. The lowest BCUT2D eigenvalue weighted by molar-refractivity contribution is -0.136. The Labute approximate surface area is 99.5 Å². The highest BCUT2D eigenvalue weighted by Gasteiger charge is 2.16. The minimum Gasteiger partial charge on any atom is -0.480 e. The molecule has 0 aliphatic rings. The van der Waals surface area contributed by atoms with Gasteiger partial charge in [-0.1, -0.05) is 23.1 Å². The van der Waals surface area contributed by atoms with Crippen LogP contribution in [0.3, 0.4) is 0 Å². The molecule has 0 saturated heterocycles. The molecular formula is C9H8N2O3S2. The summed E-state index contributed by atoms with van der Waals surface area (Å²) in [6.07, 6.45) is 1.56. The van der Waals surface area contributed by atoms with Crippen LogP contribution in [0.5, 0.6) is 0 Å². The molecule has 0 aliphatic carbocycles. The standard InChI is InChI=1S/C9H8N2O3S2/c1-5(8(12)13)15-9-11-10-7(16-9)6-3-2-4-14-6/h2-5H,1H3,(H,12,13). The van der Waals surface area contributed by atoms with Gasteiger partial charge in [0.25, 0.3) is 0 Å². The van der Waals surface area contributed by atoms with E-state index in [1.54, 1.807) is 25.3 Å². The highest BCUT2D eigenvalue weighted by Crippen LogP contribution is 2.31. The molecule has 5 nitrogen and oxygen atoms in total. The van der Waals surface area contributed by atoms with E-state index in [2.05, 4.69) is 10.2 Å². The van der Waals surface area contributed by atoms with E-state index in [1.165, 1.54) is 23.1 Å². The van der Waals surface area contributed by atoms with Crippen LogP contribution in [-0.2, 0) is 4.79 Å². The lowest BCUT2D eigenvalue weighted by Gasteiger charge is -1.99. The van der Waals surface area contributed by atoms with Crippen molar-refractivity contribution in [1.29, 1.82) is 0 Å². The van der Waals surface area contributed by atoms with Gasteiger partial charge in [0.2, 0.25) is 0 Å². The Morgan fingerprint density at radius 2 is 2.44 bits per heavy atom. The Hall–Kier alpha value is -1.34. The number of aromatic nitrogens is 2. The molecule has 84 valence electrons. The molecule has 0 bridgehead atoms. The summed E-state index contributed by atoms with van der Waals surface area (Å²) in [4.78, 5) is 10.7. The van der Waals surface area contributed by atoms with Crippen molar-refractivity contribution in [2.45, 2.75) is 16.5 Å². The zero-order valence-electron chi connectivity index (χ0n) is 8.28. The molecule has 2 aromatic heterocycles. The molecule has 2 rings (SSSR count). The van der Waals surface area contributed by atoms with Crippen molar-refractivity contribution in [3.63, 3.8) is 0 Å². The first-order chi connectivity index (χ1) is 7.66. The van der Waals surface area contributed by atoms with Crippen LogP contribution >= 0.6 is 23.1 Å². The summed E-state index contributed by atoms with van der Waals surface area (Å²) in [5, 5.41) is 16.7. The van der Waals surface area contributed by atoms with Crippen molar-refractivity contribution in [2.24, 2.45) is 0 Å². The smallest absolute Gasteiger partial charge is 0.316 e. The van der Waals surface area contributed by atoms with Crippen LogP contribution in [0, 0.1) is 0 Å². The summed E-state index contributed by atoms with van der Waals surface area (Å²) in [5.41, 5.74) is 0. The van der Waals surface area contributed by atoms with Gasteiger partial charge in [0.1, 0.15) is 5.25 Å². The number of aliphatic carboxylic acids is 1. The molecule has 0 saturated carbocycles. The second-order valence-corrected chi connectivity index (χ2v) is 5.51. The van der Waals surface area contributed by atoms with Crippen molar-refractivity contribution in [1.82, 2.24) is 10.2 Å². The third-order valence-electron chi connectivity index (χ3n) is 1.76. The van der Waals surface area contributed by atoms with Gasteiger partial charge in [-0.2, -0.15) is 0 Å². The van der Waals surface area contributed by atoms with Crippen molar-refractivity contribution in [3.05, 3.63) is 18.4 Å². The van der Waals surface area contributed by atoms with Gasteiger partial charge in [-0.3, -0.25) is 4.79 Å². The first-order valence-electron chi connectivity index (χ1n) is 4.43. The first-order valence-corrected chi connectivity index (χ1v) is 6.13. The Balaban J connectivity index is 2.11. The highest BCUT2D eigenvalue weighted by molar-refractivity contribution is 8.02. The number of rotatable bonds is 4. The molecule has 0 aliphatic heterocycles. The monoisotopic (exact) mass is 256 g/mol. The maximum absolute atomic E-state index is 10.7. The van der Waals surface area contributed by atoms with E-state index in [1.807, 2.05) is 0 Å². The largest absolute Gasteiger partial charge is 0.480 e. The van der Waals surface area contributed by atoms with Crippen LogP contribution in [0.2, 0.25) is 0 Å². The van der Waals surface area contributed by atoms with Crippen LogP contribution in [-0.4, -0.2) is 26.5 Å².